The van der Waals surface area contributed by atoms with E-state index in [1.807, 2.05) is 75.4 Å². The molecule has 0 unspecified atom stereocenters. The number of nitrogens with one attached hydrogen (secondary N) is 1. The van der Waals surface area contributed by atoms with E-state index in [9.17, 15) is 9.59 Å². The second-order valence-electron chi connectivity index (χ2n) is 8.87. The topological polar surface area (TPSA) is 84.9 Å². The van der Waals surface area contributed by atoms with E-state index >= 15 is 0 Å². The minimum absolute atomic E-state index is 0.112. The van der Waals surface area contributed by atoms with E-state index in [-0.39, 0.29) is 6.42 Å². The van der Waals surface area contributed by atoms with Crippen molar-refractivity contribution in [3.8, 4) is 16.9 Å². The largest absolute Gasteiger partial charge is 0.489 e. The molecular weight excluding hydrogens is 498 g/mol. The lowest BCUT2D eigenvalue weighted by Crippen LogP contribution is -2.32. The molecule has 34 heavy (non-hydrogen) atoms. The van der Waals surface area contributed by atoms with E-state index in [2.05, 4.69) is 21.2 Å². The van der Waals surface area contributed by atoms with Crippen molar-refractivity contribution < 1.29 is 24.2 Å². The normalized spacial score (nSPS) is 11.1. The second-order valence-corrected chi connectivity index (χ2v) is 9.78. The van der Waals surface area contributed by atoms with Crippen LogP contribution in [0.1, 0.15) is 37.5 Å². The van der Waals surface area contributed by atoms with Crippen molar-refractivity contribution in [3.05, 3.63) is 87.9 Å². The Morgan fingerprint density at radius 1 is 0.941 bits per heavy atom. The fraction of sp³-hybridized carbons (Fsp3) is 0.259. The minimum Gasteiger partial charge on any atom is -0.489 e. The van der Waals surface area contributed by atoms with Gasteiger partial charge in [0.1, 0.15) is 18.0 Å². The molecule has 0 aliphatic carbocycles. The summed E-state index contributed by atoms with van der Waals surface area (Å²) in [4.78, 5) is 23.1. The van der Waals surface area contributed by atoms with E-state index in [0.717, 1.165) is 26.7 Å². The average Bonchev–Trinajstić information content (AvgIpc) is 2.76. The molecule has 0 bridgehead atoms. The first-order chi connectivity index (χ1) is 16.1. The number of hydrogen-bond acceptors (Lipinski definition) is 4. The van der Waals surface area contributed by atoms with E-state index < -0.39 is 17.7 Å². The Kier molecular flexibility index (Phi) is 8.34. The summed E-state index contributed by atoms with van der Waals surface area (Å²) in [6, 6.07) is 21.3. The highest BCUT2D eigenvalue weighted by atomic mass is 79.9. The molecule has 0 radical (unpaired) electrons. The minimum atomic E-state index is -0.911. The van der Waals surface area contributed by atoms with Crippen LogP contribution in [-0.2, 0) is 29.1 Å². The highest BCUT2D eigenvalue weighted by Crippen LogP contribution is 2.26. The highest BCUT2D eigenvalue weighted by molar-refractivity contribution is 9.10. The Morgan fingerprint density at radius 3 is 2.24 bits per heavy atom. The number of benzene rings is 3. The standard InChI is InChI=1S/C27H28BrNO5/c1-27(2,3)34-26(32)29-16-18-6-4-8-20(12-18)21-9-5-7-19(13-21)17-33-24-11-10-23(28)14-22(24)15-25(30)31/h4-14H,15-17H2,1-3H3,(H,29,32)(H,30,31). The predicted octanol–water partition coefficient (Wildman–Crippen LogP) is 6.35. The molecule has 6 nitrogen and oxygen atoms in total. The number of carbonyl (C=O) groups is 2. The number of rotatable bonds is 8. The van der Waals surface area contributed by atoms with Crippen LogP contribution in [-0.4, -0.2) is 22.8 Å². The maximum absolute atomic E-state index is 11.9. The van der Waals surface area contributed by atoms with Gasteiger partial charge in [0.15, 0.2) is 0 Å². The van der Waals surface area contributed by atoms with Crippen LogP contribution in [0.3, 0.4) is 0 Å². The van der Waals surface area contributed by atoms with Gasteiger partial charge in [-0.15, -0.1) is 0 Å². The number of carboxylic acids is 1. The smallest absolute Gasteiger partial charge is 0.407 e. The van der Waals surface area contributed by atoms with Crippen LogP contribution in [0.25, 0.3) is 11.1 Å². The number of hydrogen-bond donors (Lipinski definition) is 2. The van der Waals surface area contributed by atoms with E-state index in [1.54, 1.807) is 12.1 Å². The van der Waals surface area contributed by atoms with Crippen LogP contribution in [0.4, 0.5) is 4.79 Å². The molecule has 0 saturated carbocycles. The van der Waals surface area contributed by atoms with Gasteiger partial charge in [0, 0.05) is 16.6 Å². The van der Waals surface area contributed by atoms with Crippen molar-refractivity contribution in [2.45, 2.75) is 45.9 Å². The lowest BCUT2D eigenvalue weighted by Gasteiger charge is -2.19. The molecular formula is C27H28BrNO5. The zero-order valence-electron chi connectivity index (χ0n) is 19.4. The van der Waals surface area contributed by atoms with Gasteiger partial charge in [0.25, 0.3) is 0 Å². The van der Waals surface area contributed by atoms with Crippen LogP contribution in [0.15, 0.2) is 71.2 Å². The number of carbonyl (C=O) groups excluding carboxylic acids is 1. The lowest BCUT2D eigenvalue weighted by molar-refractivity contribution is -0.136. The van der Waals surface area contributed by atoms with Crippen LogP contribution in [0.2, 0.25) is 0 Å². The van der Waals surface area contributed by atoms with Gasteiger partial charge >= 0.3 is 12.1 Å². The van der Waals surface area contributed by atoms with Crippen molar-refractivity contribution in [2.24, 2.45) is 0 Å². The van der Waals surface area contributed by atoms with Crippen molar-refractivity contribution in [1.29, 1.82) is 0 Å². The average molecular weight is 526 g/mol. The van der Waals surface area contributed by atoms with E-state index in [0.29, 0.717) is 24.5 Å². The van der Waals surface area contributed by atoms with E-state index in [1.165, 1.54) is 0 Å². The van der Waals surface area contributed by atoms with Gasteiger partial charge in [-0.1, -0.05) is 52.3 Å². The molecule has 0 aliphatic rings. The zero-order valence-corrected chi connectivity index (χ0v) is 21.0. The van der Waals surface area contributed by atoms with Gasteiger partial charge < -0.3 is 19.9 Å². The fourth-order valence-corrected chi connectivity index (χ4v) is 3.75. The molecule has 7 heteroatoms. The number of carboxylic acid groups (broad SMARTS) is 1. The van der Waals surface area contributed by atoms with Crippen LogP contribution < -0.4 is 10.1 Å². The Labute approximate surface area is 208 Å². The molecule has 0 atom stereocenters. The summed E-state index contributed by atoms with van der Waals surface area (Å²) in [5.74, 6) is -0.364. The first-order valence-electron chi connectivity index (χ1n) is 10.9. The molecule has 0 aromatic heterocycles. The molecule has 0 aliphatic heterocycles. The molecule has 0 heterocycles. The Hall–Kier alpha value is -3.32. The molecule has 0 fully saturated rings. The summed E-state index contributed by atoms with van der Waals surface area (Å²) >= 11 is 3.38. The maximum atomic E-state index is 11.9. The fourth-order valence-electron chi connectivity index (χ4n) is 3.34. The zero-order chi connectivity index (χ0) is 24.7. The summed E-state index contributed by atoms with van der Waals surface area (Å²) in [6.45, 7) is 6.15. The van der Waals surface area contributed by atoms with Crippen molar-refractivity contribution in [1.82, 2.24) is 5.32 Å². The first-order valence-corrected chi connectivity index (χ1v) is 11.7. The van der Waals surface area contributed by atoms with Gasteiger partial charge in [0.2, 0.25) is 0 Å². The van der Waals surface area contributed by atoms with E-state index in [4.69, 9.17) is 14.6 Å². The quantitative estimate of drug-likeness (QED) is 0.358. The van der Waals surface area contributed by atoms with Crippen molar-refractivity contribution >= 4 is 28.0 Å². The number of amides is 1. The summed E-state index contributed by atoms with van der Waals surface area (Å²) in [6.07, 6.45) is -0.564. The predicted molar refractivity (Wildman–Crippen MR) is 135 cm³/mol. The Bertz CT molecular complexity index is 1170. The highest BCUT2D eigenvalue weighted by Gasteiger charge is 2.15. The molecule has 1 amide bonds. The van der Waals surface area contributed by atoms with Gasteiger partial charge in [-0.3, -0.25) is 4.79 Å². The molecule has 3 aromatic carbocycles. The summed E-state index contributed by atoms with van der Waals surface area (Å²) in [7, 11) is 0. The second kappa shape index (κ2) is 11.2. The molecule has 3 rings (SSSR count). The third kappa shape index (κ3) is 7.92. The summed E-state index contributed by atoms with van der Waals surface area (Å²) < 4.78 is 12.0. The third-order valence-electron chi connectivity index (χ3n) is 4.78. The molecule has 178 valence electrons. The third-order valence-corrected chi connectivity index (χ3v) is 5.27. The van der Waals surface area contributed by atoms with Crippen LogP contribution in [0, 0.1) is 0 Å². The summed E-state index contributed by atoms with van der Waals surface area (Å²) in [5, 5.41) is 11.9. The van der Waals surface area contributed by atoms with Gasteiger partial charge in [-0.25, -0.2) is 4.79 Å². The van der Waals surface area contributed by atoms with Crippen molar-refractivity contribution in [2.75, 3.05) is 0 Å². The maximum Gasteiger partial charge on any atom is 0.407 e. The Morgan fingerprint density at radius 2 is 1.59 bits per heavy atom. The SMILES string of the molecule is CC(C)(C)OC(=O)NCc1cccc(-c2cccc(COc3ccc(Br)cc3CC(=O)O)c2)c1. The molecule has 0 saturated heterocycles. The van der Waals surface area contributed by atoms with Gasteiger partial charge in [0.05, 0.1) is 6.42 Å². The lowest BCUT2D eigenvalue weighted by atomic mass is 10.0. The number of alkyl carbamates (subject to hydrolysis) is 1. The van der Waals surface area contributed by atoms with Crippen LogP contribution >= 0.6 is 15.9 Å². The number of halogens is 1. The first kappa shape index (κ1) is 25.3. The van der Waals surface area contributed by atoms with Crippen molar-refractivity contribution in [3.63, 3.8) is 0 Å². The molecule has 3 aromatic rings. The number of aliphatic carboxylic acids is 1. The summed E-state index contributed by atoms with van der Waals surface area (Å²) in [5.41, 5.74) is 4.02. The van der Waals surface area contributed by atoms with Crippen LogP contribution in [0.5, 0.6) is 5.75 Å². The molecule has 0 spiro atoms. The monoisotopic (exact) mass is 525 g/mol. The van der Waals surface area contributed by atoms with Gasteiger partial charge in [-0.05, 0) is 73.4 Å². The molecule has 2 N–H and O–H groups in total. The van der Waals surface area contributed by atoms with Gasteiger partial charge in [-0.2, -0.15) is 0 Å². The Balaban J connectivity index is 1.69. The number of ether oxygens (including phenoxy) is 2.